The Labute approximate surface area is 258 Å². The number of rotatable bonds is 4. The first-order chi connectivity index (χ1) is 21.3. The molecule has 2 aromatic carbocycles. The molecule has 9 aliphatic carbocycles. The number of hydrogen-bond donors (Lipinski definition) is 0. The number of carbonyl (C=O) groups is 2. The molecule has 6 heteroatoms. The largest absolute Gasteiger partial charge is 0.496 e. The molecule has 44 heavy (non-hydrogen) atoms. The van der Waals surface area contributed by atoms with Gasteiger partial charge in [0.1, 0.15) is 11.5 Å². The standard InChI is InChI=1S/C38H42O6/c1-37-29-19-13-20(24-18-12-11-17(23(19)24)27(35(39)43-5)28(18)36(40)44-6)30(29)38(37,2)32-22-14-21(31(32)37)25-26(22)34(42-4)16-10-8-7-9-15(16)33(25)41-3/h7-10,17-24,29-32H,11-14H2,1-6H3/t17-,18+,19+,20-,21-,22+,23-,24+,29+,30-,31-,32+,37+,38-. The van der Waals surface area contributed by atoms with Crippen LogP contribution in [0.3, 0.4) is 0 Å². The van der Waals surface area contributed by atoms with E-state index in [4.69, 9.17) is 18.9 Å². The summed E-state index contributed by atoms with van der Waals surface area (Å²) in [4.78, 5) is 26.5. The van der Waals surface area contributed by atoms with Crippen LogP contribution in [-0.2, 0) is 19.1 Å². The summed E-state index contributed by atoms with van der Waals surface area (Å²) in [6.45, 7) is 5.29. The molecule has 2 aromatic rings. The number of fused-ring (bicyclic) bond motifs is 20. The second-order valence-electron chi connectivity index (χ2n) is 15.9. The van der Waals surface area contributed by atoms with Crippen LogP contribution in [0.2, 0.25) is 0 Å². The predicted molar refractivity (Wildman–Crippen MR) is 163 cm³/mol. The van der Waals surface area contributed by atoms with E-state index in [1.807, 2.05) is 14.2 Å². The average Bonchev–Trinajstić information content (AvgIpc) is 3.83. The monoisotopic (exact) mass is 594 g/mol. The van der Waals surface area contributed by atoms with Gasteiger partial charge < -0.3 is 18.9 Å². The third-order valence-corrected chi connectivity index (χ3v) is 15.9. The average molecular weight is 595 g/mol. The fourth-order valence-corrected chi connectivity index (χ4v) is 15.4. The van der Waals surface area contributed by atoms with E-state index in [1.54, 1.807) is 0 Å². The van der Waals surface area contributed by atoms with Crippen molar-refractivity contribution in [3.8, 4) is 11.5 Å². The van der Waals surface area contributed by atoms with E-state index in [1.165, 1.54) is 38.2 Å². The summed E-state index contributed by atoms with van der Waals surface area (Å²) in [7, 11) is 6.58. The van der Waals surface area contributed by atoms with Gasteiger partial charge in [-0.2, -0.15) is 0 Å². The van der Waals surface area contributed by atoms with Gasteiger partial charge in [-0.25, -0.2) is 9.59 Å². The first kappa shape index (κ1) is 26.2. The Morgan fingerprint density at radius 3 is 1.45 bits per heavy atom. The van der Waals surface area contributed by atoms with Crippen molar-refractivity contribution in [2.75, 3.05) is 28.4 Å². The lowest BCUT2D eigenvalue weighted by molar-refractivity contribution is -0.374. The minimum Gasteiger partial charge on any atom is -0.496 e. The van der Waals surface area contributed by atoms with Gasteiger partial charge in [0, 0.05) is 21.9 Å². The molecule has 0 N–H and O–H groups in total. The molecule has 6 fully saturated rings. The summed E-state index contributed by atoms with van der Waals surface area (Å²) in [6.07, 6.45) is 4.43. The lowest BCUT2D eigenvalue weighted by atomic mass is 9.19. The van der Waals surface area contributed by atoms with Crippen LogP contribution in [0, 0.1) is 70.0 Å². The van der Waals surface area contributed by atoms with Crippen molar-refractivity contribution < 1.29 is 28.5 Å². The zero-order valence-corrected chi connectivity index (χ0v) is 26.5. The van der Waals surface area contributed by atoms with Crippen LogP contribution in [0.15, 0.2) is 35.4 Å². The normalized spacial score (nSPS) is 47.2. The van der Waals surface area contributed by atoms with Gasteiger partial charge >= 0.3 is 11.9 Å². The summed E-state index contributed by atoms with van der Waals surface area (Å²) in [5.74, 6) is 7.63. The number of esters is 2. The molecule has 9 aliphatic rings. The topological polar surface area (TPSA) is 71.1 Å². The Hall–Kier alpha value is -3.02. The maximum absolute atomic E-state index is 13.2. The van der Waals surface area contributed by atoms with E-state index in [0.717, 1.165) is 35.1 Å². The predicted octanol–water partition coefficient (Wildman–Crippen LogP) is 6.51. The molecule has 230 valence electrons. The maximum Gasteiger partial charge on any atom is 0.334 e. The van der Waals surface area contributed by atoms with Gasteiger partial charge in [0.25, 0.3) is 0 Å². The number of ether oxygens (including phenoxy) is 4. The van der Waals surface area contributed by atoms with Gasteiger partial charge in [-0.3, -0.25) is 0 Å². The number of benzene rings is 2. The van der Waals surface area contributed by atoms with E-state index in [2.05, 4.69) is 38.1 Å². The van der Waals surface area contributed by atoms with Crippen molar-refractivity contribution in [2.24, 2.45) is 70.0 Å². The minimum absolute atomic E-state index is 0.116. The van der Waals surface area contributed by atoms with Gasteiger partial charge in [-0.05, 0) is 108 Å². The van der Waals surface area contributed by atoms with Crippen LogP contribution in [-0.4, -0.2) is 40.4 Å². The van der Waals surface area contributed by atoms with Crippen molar-refractivity contribution in [3.05, 3.63) is 46.5 Å². The smallest absolute Gasteiger partial charge is 0.334 e. The molecule has 0 aliphatic heterocycles. The van der Waals surface area contributed by atoms with E-state index >= 15 is 0 Å². The summed E-state index contributed by atoms with van der Waals surface area (Å²) in [5.41, 5.74) is 4.72. The van der Waals surface area contributed by atoms with Crippen LogP contribution in [0.5, 0.6) is 11.5 Å². The molecule has 0 aromatic heterocycles. The second kappa shape index (κ2) is 8.03. The molecule has 11 rings (SSSR count). The van der Waals surface area contributed by atoms with Gasteiger partial charge in [0.2, 0.25) is 0 Å². The summed E-state index contributed by atoms with van der Waals surface area (Å²) in [5, 5.41) is 2.33. The first-order valence-electron chi connectivity index (χ1n) is 16.9. The fraction of sp³-hybridized carbons (Fsp3) is 0.632. The Bertz CT molecular complexity index is 1620. The molecule has 0 radical (unpaired) electrons. The third kappa shape index (κ3) is 2.37. The zero-order chi connectivity index (χ0) is 30.2. The van der Waals surface area contributed by atoms with E-state index in [9.17, 15) is 9.59 Å². The van der Waals surface area contributed by atoms with Crippen LogP contribution in [0.25, 0.3) is 10.8 Å². The number of hydrogen-bond acceptors (Lipinski definition) is 6. The molecule has 14 atom stereocenters. The molecular formula is C38H42O6. The fourth-order valence-electron chi connectivity index (χ4n) is 15.4. The first-order valence-corrected chi connectivity index (χ1v) is 16.9. The van der Waals surface area contributed by atoms with E-state index in [0.29, 0.717) is 70.3 Å². The number of carbonyl (C=O) groups excluding carboxylic acids is 2. The van der Waals surface area contributed by atoms with Crippen LogP contribution >= 0.6 is 0 Å². The Morgan fingerprint density at radius 1 is 0.636 bits per heavy atom. The molecular weight excluding hydrogens is 552 g/mol. The highest BCUT2D eigenvalue weighted by molar-refractivity contribution is 6.02. The summed E-state index contributed by atoms with van der Waals surface area (Å²) >= 11 is 0. The van der Waals surface area contributed by atoms with Gasteiger partial charge in [0.15, 0.2) is 0 Å². The lowest BCUT2D eigenvalue weighted by Gasteiger charge is -2.85. The van der Waals surface area contributed by atoms with E-state index < -0.39 is 0 Å². The van der Waals surface area contributed by atoms with Gasteiger partial charge in [-0.15, -0.1) is 0 Å². The second-order valence-corrected chi connectivity index (χ2v) is 15.9. The molecule has 6 saturated carbocycles. The third-order valence-electron chi connectivity index (χ3n) is 15.9. The number of methoxy groups -OCH3 is 4. The van der Waals surface area contributed by atoms with Crippen LogP contribution in [0.1, 0.15) is 62.5 Å². The van der Waals surface area contributed by atoms with E-state index in [-0.39, 0.29) is 34.6 Å². The van der Waals surface area contributed by atoms with Crippen molar-refractivity contribution in [3.63, 3.8) is 0 Å². The molecule has 0 saturated heterocycles. The highest BCUT2D eigenvalue weighted by atomic mass is 16.5. The van der Waals surface area contributed by atoms with Crippen molar-refractivity contribution >= 4 is 22.7 Å². The lowest BCUT2D eigenvalue weighted by Crippen LogP contribution is -2.81. The van der Waals surface area contributed by atoms with Crippen LogP contribution < -0.4 is 9.47 Å². The Kier molecular flexibility index (Phi) is 4.79. The molecule has 0 spiro atoms. The van der Waals surface area contributed by atoms with Gasteiger partial charge in [-0.1, -0.05) is 38.1 Å². The Morgan fingerprint density at radius 2 is 1.07 bits per heavy atom. The Balaban J connectivity index is 1.10. The molecule has 6 nitrogen and oxygen atoms in total. The zero-order valence-electron chi connectivity index (χ0n) is 26.5. The highest BCUT2D eigenvalue weighted by Gasteiger charge is 2.90. The highest BCUT2D eigenvalue weighted by Crippen LogP contribution is 2.96. The quantitative estimate of drug-likeness (QED) is 0.297. The van der Waals surface area contributed by atoms with Crippen molar-refractivity contribution in [1.29, 1.82) is 0 Å². The molecule has 0 heterocycles. The van der Waals surface area contributed by atoms with Crippen LogP contribution in [0.4, 0.5) is 0 Å². The molecule has 0 amide bonds. The van der Waals surface area contributed by atoms with Crippen molar-refractivity contribution in [2.45, 2.75) is 51.4 Å². The molecule has 0 unspecified atom stereocenters. The SMILES string of the molecule is COC(=O)C1=C(C(=O)OC)[C@@H]2CC[C@H]1[C@H]1[C@H]3C[C@@H]([C@H]12)[C@H]1[C@@H]3[C@]2(C)[C@@H]3[C@@H]([C@@H]4C[C@H]3c3c4c(OC)c4ccccc4c3OC)[C@]12C. The minimum atomic E-state index is -0.316. The summed E-state index contributed by atoms with van der Waals surface area (Å²) < 4.78 is 23.1. The maximum atomic E-state index is 13.2. The van der Waals surface area contributed by atoms with Crippen molar-refractivity contribution in [1.82, 2.24) is 0 Å². The van der Waals surface area contributed by atoms with Gasteiger partial charge in [0.05, 0.1) is 39.6 Å². The summed E-state index contributed by atoms with van der Waals surface area (Å²) in [6, 6.07) is 8.60. The molecule has 6 bridgehead atoms.